The summed E-state index contributed by atoms with van der Waals surface area (Å²) in [5.74, 6) is 1.65. The van der Waals surface area contributed by atoms with Crippen molar-refractivity contribution in [1.29, 1.82) is 0 Å². The minimum Gasteiger partial charge on any atom is -0.511 e. The Kier molecular flexibility index (Phi) is 14.1. The van der Waals surface area contributed by atoms with E-state index >= 15 is 0 Å². The van der Waals surface area contributed by atoms with Crippen molar-refractivity contribution in [2.45, 2.75) is 26.2 Å². The Morgan fingerprint density at radius 2 is 0.976 bits per heavy atom. The summed E-state index contributed by atoms with van der Waals surface area (Å²) in [6, 6.07) is 98.6. The molecule has 0 atom stereocenters. The summed E-state index contributed by atoms with van der Waals surface area (Å²) in [6.45, 7) is 15.0. The second-order valence-electron chi connectivity index (χ2n) is 21.9. The number of nitrogens with zero attached hydrogens (tertiary/aromatic N) is 5. The van der Waals surface area contributed by atoms with E-state index < -0.39 is 0 Å². The number of pyridine rings is 1. The molecule has 0 fully saturated rings. The molecule has 3 heterocycles. The van der Waals surface area contributed by atoms with Crippen LogP contribution in [-0.4, -0.2) is 14.1 Å². The van der Waals surface area contributed by atoms with Crippen molar-refractivity contribution in [3.8, 4) is 95.5 Å². The first-order valence-electron chi connectivity index (χ1n) is 27.9. The maximum Gasteiger partial charge on any atom is 0.268 e. The number of benzene rings is 11. The van der Waals surface area contributed by atoms with Crippen molar-refractivity contribution in [1.82, 2.24) is 14.1 Å². The van der Waals surface area contributed by atoms with Crippen LogP contribution in [0, 0.1) is 25.0 Å². The maximum atomic E-state index is 8.41. The van der Waals surface area contributed by atoms with E-state index in [-0.39, 0.29) is 26.5 Å². The van der Waals surface area contributed by atoms with Gasteiger partial charge in [0.25, 0.3) is 6.33 Å². The fourth-order valence-corrected chi connectivity index (χ4v) is 11.5. The third-order valence-electron chi connectivity index (χ3n) is 15.5. The average Bonchev–Trinajstić information content (AvgIpc) is 2.10. The third-order valence-corrected chi connectivity index (χ3v) is 15.5. The molecular formula is C77H53N5OPt-2. The zero-order valence-electron chi connectivity index (χ0n) is 46.4. The molecule has 7 heteroatoms. The van der Waals surface area contributed by atoms with Gasteiger partial charge in [0, 0.05) is 38.5 Å². The molecule has 0 aliphatic heterocycles. The zero-order chi connectivity index (χ0) is 56.0. The van der Waals surface area contributed by atoms with Crippen LogP contribution in [0.2, 0.25) is 0 Å². The van der Waals surface area contributed by atoms with Crippen LogP contribution in [0.5, 0.6) is 11.5 Å². The van der Waals surface area contributed by atoms with Gasteiger partial charge in [0.15, 0.2) is 0 Å². The van der Waals surface area contributed by atoms with Gasteiger partial charge in [-0.3, -0.25) is 9.41 Å². The molecule has 0 saturated carbocycles. The monoisotopic (exact) mass is 1260 g/mol. The molecule has 0 spiro atoms. The SMILES string of the molecule is [C-]#[N+]c1cc(Oc2[c-]c3c(cc2)c2ccccc2n3-c2cc(C(C)(C)C)ccn2)[c-]c(-n2[c-][n+](-c3c(-c4cc(-c5ccccc5)cc(-c5ccccc5)c4)cccc3-c3cc(-c4ccccc4)cc(-c4ccccc4)c3)c3ccccc32)c1.[Pt]. The Bertz CT molecular complexity index is 4540. The molecule has 0 radical (unpaired) electrons. The van der Waals surface area contributed by atoms with E-state index in [2.05, 4.69) is 290 Å². The fourth-order valence-electron chi connectivity index (χ4n) is 11.5. The van der Waals surface area contributed by atoms with Gasteiger partial charge in [-0.25, -0.2) is 4.98 Å². The van der Waals surface area contributed by atoms with E-state index in [1.807, 2.05) is 29.0 Å². The van der Waals surface area contributed by atoms with Crippen LogP contribution >= 0.6 is 0 Å². The van der Waals surface area contributed by atoms with Crippen molar-refractivity contribution in [3.05, 3.63) is 302 Å². The zero-order valence-corrected chi connectivity index (χ0v) is 48.6. The molecule has 14 rings (SSSR count). The Balaban J connectivity index is 0.00000658. The summed E-state index contributed by atoms with van der Waals surface area (Å²) >= 11 is 0. The third kappa shape index (κ3) is 10.1. The fraction of sp³-hybridized carbons (Fsp3) is 0.0519. The van der Waals surface area contributed by atoms with E-state index in [4.69, 9.17) is 16.3 Å². The molecule has 0 aliphatic carbocycles. The van der Waals surface area contributed by atoms with Crippen LogP contribution < -0.4 is 9.30 Å². The van der Waals surface area contributed by atoms with Crippen molar-refractivity contribution >= 4 is 38.5 Å². The van der Waals surface area contributed by atoms with Gasteiger partial charge in [0.05, 0.1) is 29.0 Å². The molecule has 0 saturated heterocycles. The molecular weight excluding hydrogens is 1210 g/mol. The molecule has 0 N–H and O–H groups in total. The van der Waals surface area contributed by atoms with Gasteiger partial charge in [-0.2, -0.15) is 12.1 Å². The van der Waals surface area contributed by atoms with Gasteiger partial charge >= 0.3 is 0 Å². The topological polar surface area (TPSA) is 40.2 Å². The van der Waals surface area contributed by atoms with Gasteiger partial charge in [0.2, 0.25) is 0 Å². The Hall–Kier alpha value is -10.2. The molecule has 84 heavy (non-hydrogen) atoms. The Morgan fingerprint density at radius 3 is 1.52 bits per heavy atom. The number of fused-ring (bicyclic) bond motifs is 4. The second-order valence-corrected chi connectivity index (χ2v) is 21.9. The summed E-state index contributed by atoms with van der Waals surface area (Å²) < 4.78 is 13.1. The summed E-state index contributed by atoms with van der Waals surface area (Å²) in [5, 5.41) is 2.12. The molecule has 0 aliphatic rings. The molecule has 14 aromatic rings. The first kappa shape index (κ1) is 53.1. The van der Waals surface area contributed by atoms with Crippen LogP contribution in [0.15, 0.2) is 267 Å². The van der Waals surface area contributed by atoms with Gasteiger partial charge in [0.1, 0.15) is 5.82 Å². The molecule has 6 nitrogen and oxygen atoms in total. The van der Waals surface area contributed by atoms with E-state index in [0.717, 1.165) is 111 Å². The molecule has 0 amide bonds. The predicted molar refractivity (Wildman–Crippen MR) is 338 cm³/mol. The van der Waals surface area contributed by atoms with E-state index in [1.54, 1.807) is 6.07 Å². The average molecular weight is 1260 g/mol. The predicted octanol–water partition coefficient (Wildman–Crippen LogP) is 19.4. The number of para-hydroxylation sites is 4. The summed E-state index contributed by atoms with van der Waals surface area (Å²) in [5.41, 5.74) is 19.7. The summed E-state index contributed by atoms with van der Waals surface area (Å²) in [4.78, 5) is 8.89. The number of rotatable bonds is 11. The van der Waals surface area contributed by atoms with Crippen LogP contribution in [0.4, 0.5) is 5.69 Å². The summed E-state index contributed by atoms with van der Waals surface area (Å²) in [6.07, 6.45) is 5.76. The van der Waals surface area contributed by atoms with Crippen molar-refractivity contribution in [3.63, 3.8) is 0 Å². The molecule has 11 aromatic carbocycles. The number of imidazole rings is 1. The minimum absolute atomic E-state index is 0. The Labute approximate surface area is 503 Å². The number of aromatic nitrogens is 4. The molecule has 3 aromatic heterocycles. The smallest absolute Gasteiger partial charge is 0.268 e. The summed E-state index contributed by atoms with van der Waals surface area (Å²) in [7, 11) is 0. The normalized spacial score (nSPS) is 11.4. The standard InChI is InChI=1S/C77H53N5O.Pt/c1-77(2,3)62-38-39-79-75(46-62)82-71-33-18-17-30-69(71)70-37-36-65(50-74(70)82)83-66-48-63(78-4)47-64(49-66)80-51-81(73-35-20-19-34-72(73)80)76-67(60-42-56(52-22-9-5-10-23-52)40-57(43-60)53-24-11-6-12-25-53)31-21-32-68(76)61-44-58(54-26-13-7-14-27-54)41-59(45-61)55-28-15-8-16-29-55;/h5-48H,1-3H3;/q-2;. The second kappa shape index (κ2) is 22.3. The maximum absolute atomic E-state index is 8.41. The molecule has 0 unspecified atom stereocenters. The van der Waals surface area contributed by atoms with Gasteiger partial charge in [-0.1, -0.05) is 214 Å². The Morgan fingerprint density at radius 1 is 0.464 bits per heavy atom. The molecule has 0 bridgehead atoms. The minimum atomic E-state index is -0.0779. The van der Waals surface area contributed by atoms with E-state index in [0.29, 0.717) is 22.9 Å². The van der Waals surface area contributed by atoms with Crippen molar-refractivity contribution < 1.29 is 30.4 Å². The van der Waals surface area contributed by atoms with Gasteiger partial charge in [-0.05, 0) is 143 Å². The number of hydrogen-bond acceptors (Lipinski definition) is 2. The number of ether oxygens (including phenoxy) is 1. The van der Waals surface area contributed by atoms with Crippen molar-refractivity contribution in [2.75, 3.05) is 0 Å². The van der Waals surface area contributed by atoms with Crippen LogP contribution in [-0.2, 0) is 26.5 Å². The first-order chi connectivity index (χ1) is 40.7. The van der Waals surface area contributed by atoms with E-state index in [9.17, 15) is 0 Å². The van der Waals surface area contributed by atoms with E-state index in [1.165, 1.54) is 5.56 Å². The van der Waals surface area contributed by atoms with Crippen molar-refractivity contribution in [2.24, 2.45) is 0 Å². The first-order valence-corrected chi connectivity index (χ1v) is 27.9. The van der Waals surface area contributed by atoms with Gasteiger partial charge < -0.3 is 13.9 Å². The van der Waals surface area contributed by atoms with Crippen LogP contribution in [0.3, 0.4) is 0 Å². The quantitative estimate of drug-likeness (QED) is 0.0956. The van der Waals surface area contributed by atoms with Gasteiger partial charge in [-0.15, -0.1) is 29.7 Å². The number of hydrogen-bond donors (Lipinski definition) is 0. The molecule has 404 valence electrons. The van der Waals surface area contributed by atoms with Crippen LogP contribution in [0.1, 0.15) is 26.3 Å². The largest absolute Gasteiger partial charge is 0.511 e. The van der Waals surface area contributed by atoms with Crippen LogP contribution in [0.25, 0.3) is 122 Å².